The molecule has 2 nitrogen and oxygen atoms in total. The summed E-state index contributed by atoms with van der Waals surface area (Å²) >= 11 is 0. The zero-order chi connectivity index (χ0) is 10.4. The summed E-state index contributed by atoms with van der Waals surface area (Å²) in [7, 11) is 0. The highest BCUT2D eigenvalue weighted by Crippen LogP contribution is 2.18. The largest absolute Gasteiger partial charge is 0.441 e. The third-order valence-electron chi connectivity index (χ3n) is 1.68. The number of benzene rings is 1. The molecule has 0 saturated carbocycles. The van der Waals surface area contributed by atoms with Gasteiger partial charge >= 0.3 is 0 Å². The monoisotopic (exact) mass is 189 g/mol. The van der Waals surface area contributed by atoms with Crippen molar-refractivity contribution in [2.24, 2.45) is 0 Å². The lowest BCUT2D eigenvalue weighted by molar-refractivity contribution is 0.534. The van der Waals surface area contributed by atoms with Gasteiger partial charge in [0.2, 0.25) is 0 Å². The maximum Gasteiger partial charge on any atom is 0.191 e. The van der Waals surface area contributed by atoms with Gasteiger partial charge in [0, 0.05) is 12.5 Å². The number of nitrogens with zero attached hydrogens (tertiary/aromatic N) is 1. The van der Waals surface area contributed by atoms with Crippen molar-refractivity contribution in [3.05, 3.63) is 42.4 Å². The lowest BCUT2D eigenvalue weighted by Crippen LogP contribution is -1.69. The molecule has 1 aromatic carbocycles. The highest BCUT2D eigenvalue weighted by molar-refractivity contribution is 5.55. The van der Waals surface area contributed by atoms with Crippen LogP contribution in [0.2, 0.25) is 0 Å². The third kappa shape index (κ3) is 2.46. The summed E-state index contributed by atoms with van der Waals surface area (Å²) in [6, 6.07) is 9.94. The van der Waals surface area contributed by atoms with E-state index in [2.05, 4.69) is 4.98 Å². The maximum absolute atomic E-state index is 5.36. The van der Waals surface area contributed by atoms with Crippen LogP contribution in [0.4, 0.5) is 0 Å². The first-order valence-electron chi connectivity index (χ1n) is 4.84. The van der Waals surface area contributed by atoms with Crippen molar-refractivity contribution in [1.29, 1.82) is 0 Å². The van der Waals surface area contributed by atoms with Crippen LogP contribution in [0.3, 0.4) is 0 Å². The molecule has 2 rings (SSSR count). The fraction of sp³-hybridized carbons (Fsp3) is 0.250. The SMILES string of the molecule is CC.Cc1ncc(-c2ccccc2)o1. The average molecular weight is 189 g/mol. The molecule has 2 heteroatoms. The molecule has 0 aliphatic carbocycles. The minimum absolute atomic E-state index is 0.703. The Balaban J connectivity index is 0.000000461. The Morgan fingerprint density at radius 2 is 1.71 bits per heavy atom. The first kappa shape index (κ1) is 10.5. The molecule has 1 heterocycles. The molecule has 74 valence electrons. The van der Waals surface area contributed by atoms with E-state index in [1.165, 1.54) is 0 Å². The smallest absolute Gasteiger partial charge is 0.191 e. The van der Waals surface area contributed by atoms with Gasteiger partial charge < -0.3 is 4.42 Å². The minimum atomic E-state index is 0.703. The molecular formula is C12H15NO. The molecule has 0 amide bonds. The summed E-state index contributed by atoms with van der Waals surface area (Å²) in [6.07, 6.45) is 1.74. The van der Waals surface area contributed by atoms with Crippen LogP contribution in [-0.2, 0) is 0 Å². The lowest BCUT2D eigenvalue weighted by Gasteiger charge is -1.92. The summed E-state index contributed by atoms with van der Waals surface area (Å²) in [5.41, 5.74) is 1.07. The molecule has 0 radical (unpaired) electrons. The zero-order valence-corrected chi connectivity index (χ0v) is 8.82. The molecule has 0 fully saturated rings. The Hall–Kier alpha value is -1.57. The second-order valence-electron chi connectivity index (χ2n) is 2.61. The van der Waals surface area contributed by atoms with Gasteiger partial charge in [-0.05, 0) is 0 Å². The zero-order valence-electron chi connectivity index (χ0n) is 8.82. The minimum Gasteiger partial charge on any atom is -0.441 e. The van der Waals surface area contributed by atoms with Gasteiger partial charge in [-0.15, -0.1) is 0 Å². The number of oxazole rings is 1. The summed E-state index contributed by atoms with van der Waals surface area (Å²) in [5, 5.41) is 0. The fourth-order valence-electron chi connectivity index (χ4n) is 1.10. The van der Waals surface area contributed by atoms with Crippen LogP contribution in [-0.4, -0.2) is 4.98 Å². The predicted molar refractivity (Wildman–Crippen MR) is 58.0 cm³/mol. The second kappa shape index (κ2) is 5.22. The molecule has 0 N–H and O–H groups in total. The van der Waals surface area contributed by atoms with Crippen molar-refractivity contribution < 1.29 is 4.42 Å². The Morgan fingerprint density at radius 1 is 1.07 bits per heavy atom. The van der Waals surface area contributed by atoms with Crippen LogP contribution < -0.4 is 0 Å². The summed E-state index contributed by atoms with van der Waals surface area (Å²) in [6.45, 7) is 5.84. The second-order valence-corrected chi connectivity index (χ2v) is 2.61. The predicted octanol–water partition coefficient (Wildman–Crippen LogP) is 3.68. The van der Waals surface area contributed by atoms with E-state index in [9.17, 15) is 0 Å². The summed E-state index contributed by atoms with van der Waals surface area (Å²) in [4.78, 5) is 4.03. The number of rotatable bonds is 1. The van der Waals surface area contributed by atoms with Gasteiger partial charge in [0.1, 0.15) is 0 Å². The van der Waals surface area contributed by atoms with E-state index in [-0.39, 0.29) is 0 Å². The Bertz CT molecular complexity index is 365. The molecule has 14 heavy (non-hydrogen) atoms. The molecule has 2 aromatic rings. The maximum atomic E-state index is 5.36. The highest BCUT2D eigenvalue weighted by atomic mass is 16.4. The molecule has 0 aliphatic heterocycles. The van der Waals surface area contributed by atoms with Gasteiger partial charge in [0.25, 0.3) is 0 Å². The molecule has 0 spiro atoms. The Labute approximate surface area is 84.6 Å². The van der Waals surface area contributed by atoms with Crippen LogP contribution in [0.5, 0.6) is 0 Å². The number of aryl methyl sites for hydroxylation is 1. The Morgan fingerprint density at radius 3 is 2.21 bits per heavy atom. The topological polar surface area (TPSA) is 26.0 Å². The first-order chi connectivity index (χ1) is 6.86. The van der Waals surface area contributed by atoms with Gasteiger partial charge in [-0.2, -0.15) is 0 Å². The van der Waals surface area contributed by atoms with Gasteiger partial charge in [0.05, 0.1) is 6.20 Å². The van der Waals surface area contributed by atoms with Crippen molar-refractivity contribution in [2.45, 2.75) is 20.8 Å². The fourth-order valence-corrected chi connectivity index (χ4v) is 1.10. The van der Waals surface area contributed by atoms with Crippen LogP contribution in [0.15, 0.2) is 40.9 Å². The van der Waals surface area contributed by atoms with Crippen molar-refractivity contribution in [3.63, 3.8) is 0 Å². The van der Waals surface area contributed by atoms with Crippen molar-refractivity contribution in [3.8, 4) is 11.3 Å². The lowest BCUT2D eigenvalue weighted by atomic mass is 10.2. The number of hydrogen-bond acceptors (Lipinski definition) is 2. The van der Waals surface area contributed by atoms with Crippen molar-refractivity contribution in [2.75, 3.05) is 0 Å². The Kier molecular flexibility index (Phi) is 3.92. The highest BCUT2D eigenvalue weighted by Gasteiger charge is 2.00. The summed E-state index contributed by atoms with van der Waals surface area (Å²) < 4.78 is 5.36. The molecule has 0 aliphatic rings. The van der Waals surface area contributed by atoms with Crippen LogP contribution in [0, 0.1) is 6.92 Å². The van der Waals surface area contributed by atoms with Gasteiger partial charge in [0.15, 0.2) is 11.7 Å². The van der Waals surface area contributed by atoms with E-state index >= 15 is 0 Å². The summed E-state index contributed by atoms with van der Waals surface area (Å²) in [5.74, 6) is 1.53. The molecule has 0 saturated heterocycles. The van der Waals surface area contributed by atoms with E-state index in [1.54, 1.807) is 6.20 Å². The van der Waals surface area contributed by atoms with Crippen molar-refractivity contribution >= 4 is 0 Å². The van der Waals surface area contributed by atoms with Gasteiger partial charge in [-0.25, -0.2) is 4.98 Å². The van der Waals surface area contributed by atoms with E-state index in [1.807, 2.05) is 51.1 Å². The molecular weight excluding hydrogens is 174 g/mol. The van der Waals surface area contributed by atoms with Crippen molar-refractivity contribution in [1.82, 2.24) is 4.98 Å². The molecule has 0 bridgehead atoms. The first-order valence-corrected chi connectivity index (χ1v) is 4.84. The van der Waals surface area contributed by atoms with Crippen LogP contribution >= 0.6 is 0 Å². The van der Waals surface area contributed by atoms with Gasteiger partial charge in [-0.3, -0.25) is 0 Å². The number of hydrogen-bond donors (Lipinski definition) is 0. The van der Waals surface area contributed by atoms with E-state index in [0.29, 0.717) is 5.89 Å². The quantitative estimate of drug-likeness (QED) is 0.684. The van der Waals surface area contributed by atoms with Crippen LogP contribution in [0.25, 0.3) is 11.3 Å². The van der Waals surface area contributed by atoms with E-state index in [4.69, 9.17) is 4.42 Å². The third-order valence-corrected chi connectivity index (χ3v) is 1.68. The van der Waals surface area contributed by atoms with Crippen LogP contribution in [0.1, 0.15) is 19.7 Å². The molecule has 0 atom stereocenters. The van der Waals surface area contributed by atoms with E-state index in [0.717, 1.165) is 11.3 Å². The standard InChI is InChI=1S/C10H9NO.C2H6/c1-8-11-7-10(12-8)9-5-3-2-4-6-9;1-2/h2-7H,1H3;1-2H3. The average Bonchev–Trinajstić information content (AvgIpc) is 2.69. The molecule has 1 aromatic heterocycles. The number of aromatic nitrogens is 1. The van der Waals surface area contributed by atoms with Gasteiger partial charge in [-0.1, -0.05) is 44.2 Å². The van der Waals surface area contributed by atoms with E-state index < -0.39 is 0 Å². The normalized spacial score (nSPS) is 9.07. The molecule has 0 unspecified atom stereocenters.